The number of hydrogen-bond acceptors (Lipinski definition) is 4. The van der Waals surface area contributed by atoms with E-state index < -0.39 is 0 Å². The number of aromatic nitrogens is 2. The summed E-state index contributed by atoms with van der Waals surface area (Å²) < 4.78 is 2.07. The molecule has 1 saturated heterocycles. The maximum Gasteiger partial charge on any atom is 0.150 e. The van der Waals surface area contributed by atoms with E-state index in [1.165, 1.54) is 5.69 Å². The van der Waals surface area contributed by atoms with Crippen LogP contribution in [-0.2, 0) is 0 Å². The molecule has 24 heavy (non-hydrogen) atoms. The summed E-state index contributed by atoms with van der Waals surface area (Å²) in [6.45, 7) is 4.28. The zero-order chi connectivity index (χ0) is 16.5. The van der Waals surface area contributed by atoms with Crippen LogP contribution in [0.3, 0.4) is 0 Å². The van der Waals surface area contributed by atoms with Crippen LogP contribution in [0.15, 0.2) is 48.8 Å². The number of hydrogen-bond donors (Lipinski definition) is 0. The van der Waals surface area contributed by atoms with E-state index in [0.717, 1.165) is 49.2 Å². The highest BCUT2D eigenvalue weighted by Gasteiger charge is 2.15. The Morgan fingerprint density at radius 3 is 2.58 bits per heavy atom. The summed E-state index contributed by atoms with van der Waals surface area (Å²) >= 11 is 0. The smallest absolute Gasteiger partial charge is 0.150 e. The molecule has 2 heterocycles. The number of imidazole rings is 1. The summed E-state index contributed by atoms with van der Waals surface area (Å²) in [5.41, 5.74) is 4.83. The summed E-state index contributed by atoms with van der Waals surface area (Å²) in [5, 5.41) is 0. The lowest BCUT2D eigenvalue weighted by Crippen LogP contribution is -2.44. The molecule has 0 bridgehead atoms. The molecular weight excluding hydrogens is 300 g/mol. The van der Waals surface area contributed by atoms with Gasteiger partial charge in [-0.2, -0.15) is 0 Å². The standard InChI is InChI=1S/C19H20N4O/c1-21-7-9-22(10-8-21)16-3-2-4-17(12-16)23-14-20-18-11-15(13-24)5-6-19(18)23/h2-6,11-14H,7-10H2,1H3. The molecule has 5 nitrogen and oxygen atoms in total. The quantitative estimate of drug-likeness (QED) is 0.696. The zero-order valence-electron chi connectivity index (χ0n) is 13.7. The van der Waals surface area contributed by atoms with Crippen molar-refractivity contribution >= 4 is 23.0 Å². The van der Waals surface area contributed by atoms with Crippen LogP contribution in [0.1, 0.15) is 10.4 Å². The molecule has 2 aromatic carbocycles. The first-order chi connectivity index (χ1) is 11.7. The Balaban J connectivity index is 1.70. The monoisotopic (exact) mass is 320 g/mol. The van der Waals surface area contributed by atoms with Crippen LogP contribution in [0.25, 0.3) is 16.7 Å². The van der Waals surface area contributed by atoms with Crippen LogP contribution in [0, 0.1) is 0 Å². The lowest BCUT2D eigenvalue weighted by atomic mass is 10.2. The molecule has 5 heteroatoms. The zero-order valence-corrected chi connectivity index (χ0v) is 13.7. The van der Waals surface area contributed by atoms with Crippen molar-refractivity contribution in [2.24, 2.45) is 0 Å². The minimum atomic E-state index is 0.652. The molecule has 0 amide bonds. The van der Waals surface area contributed by atoms with E-state index >= 15 is 0 Å². The van der Waals surface area contributed by atoms with E-state index in [4.69, 9.17) is 0 Å². The van der Waals surface area contributed by atoms with Crippen molar-refractivity contribution in [1.82, 2.24) is 14.5 Å². The Bertz CT molecular complexity index is 878. The molecule has 1 aliphatic heterocycles. The minimum absolute atomic E-state index is 0.652. The maximum atomic E-state index is 10.9. The number of nitrogens with zero attached hydrogens (tertiary/aromatic N) is 4. The van der Waals surface area contributed by atoms with Crippen LogP contribution in [-0.4, -0.2) is 54.0 Å². The molecule has 1 aromatic heterocycles. The molecule has 0 radical (unpaired) electrons. The second kappa shape index (κ2) is 6.09. The summed E-state index contributed by atoms with van der Waals surface area (Å²) in [5.74, 6) is 0. The molecule has 4 rings (SSSR count). The molecule has 0 atom stereocenters. The van der Waals surface area contributed by atoms with Crippen molar-refractivity contribution in [3.05, 3.63) is 54.4 Å². The Kier molecular flexibility index (Phi) is 3.78. The number of aldehydes is 1. The number of carbonyl (C=O) groups excluding carboxylic acids is 1. The Hall–Kier alpha value is -2.66. The van der Waals surface area contributed by atoms with Gasteiger partial charge in [0.2, 0.25) is 0 Å². The normalized spacial score (nSPS) is 15.8. The van der Waals surface area contributed by atoms with Crippen molar-refractivity contribution in [2.45, 2.75) is 0 Å². The van der Waals surface area contributed by atoms with E-state index in [1.807, 2.05) is 24.5 Å². The van der Waals surface area contributed by atoms with E-state index in [9.17, 15) is 4.79 Å². The minimum Gasteiger partial charge on any atom is -0.369 e. The van der Waals surface area contributed by atoms with Crippen LogP contribution in [0.5, 0.6) is 0 Å². The van der Waals surface area contributed by atoms with Crippen LogP contribution in [0.4, 0.5) is 5.69 Å². The third kappa shape index (κ3) is 2.67. The Morgan fingerprint density at radius 1 is 1.00 bits per heavy atom. The fraction of sp³-hybridized carbons (Fsp3) is 0.263. The number of benzene rings is 2. The number of anilines is 1. The van der Waals surface area contributed by atoms with Gasteiger partial charge in [-0.1, -0.05) is 6.07 Å². The van der Waals surface area contributed by atoms with Crippen LogP contribution in [0.2, 0.25) is 0 Å². The van der Waals surface area contributed by atoms with Gasteiger partial charge in [-0.15, -0.1) is 0 Å². The van der Waals surface area contributed by atoms with Crippen molar-refractivity contribution in [2.75, 3.05) is 38.1 Å². The third-order valence-electron chi connectivity index (χ3n) is 4.68. The van der Waals surface area contributed by atoms with Crippen LogP contribution >= 0.6 is 0 Å². The molecule has 3 aromatic rings. The van der Waals surface area contributed by atoms with Gasteiger partial charge < -0.3 is 9.80 Å². The molecular formula is C19H20N4O. The summed E-state index contributed by atoms with van der Waals surface area (Å²) in [4.78, 5) is 20.1. The van der Waals surface area contributed by atoms with Gasteiger partial charge in [0.25, 0.3) is 0 Å². The van der Waals surface area contributed by atoms with Crippen LogP contribution < -0.4 is 4.90 Å². The summed E-state index contributed by atoms with van der Waals surface area (Å²) in [7, 11) is 2.17. The van der Waals surface area contributed by atoms with Gasteiger partial charge in [-0.3, -0.25) is 9.36 Å². The largest absolute Gasteiger partial charge is 0.369 e. The van der Waals surface area contributed by atoms with Gasteiger partial charge in [0.15, 0.2) is 0 Å². The van der Waals surface area contributed by atoms with Gasteiger partial charge >= 0.3 is 0 Å². The number of fused-ring (bicyclic) bond motifs is 1. The topological polar surface area (TPSA) is 41.4 Å². The Labute approximate surface area is 141 Å². The predicted octanol–water partition coefficient (Wildman–Crippen LogP) is 2.59. The van der Waals surface area contributed by atoms with Gasteiger partial charge in [-0.25, -0.2) is 4.98 Å². The number of carbonyl (C=O) groups is 1. The highest BCUT2D eigenvalue weighted by atomic mass is 16.1. The molecule has 1 aliphatic rings. The molecule has 0 N–H and O–H groups in total. The third-order valence-corrected chi connectivity index (χ3v) is 4.68. The summed E-state index contributed by atoms with van der Waals surface area (Å²) in [6, 6.07) is 14.2. The average Bonchev–Trinajstić information content (AvgIpc) is 3.05. The van der Waals surface area contributed by atoms with Crippen molar-refractivity contribution in [3.8, 4) is 5.69 Å². The highest BCUT2D eigenvalue weighted by Crippen LogP contribution is 2.23. The number of likely N-dealkylation sites (N-methyl/N-ethyl adjacent to an activating group) is 1. The molecule has 0 spiro atoms. The lowest BCUT2D eigenvalue weighted by molar-refractivity contribution is 0.112. The van der Waals surface area contributed by atoms with E-state index in [2.05, 4.69) is 50.7 Å². The van der Waals surface area contributed by atoms with Crippen molar-refractivity contribution in [1.29, 1.82) is 0 Å². The fourth-order valence-corrected chi connectivity index (χ4v) is 3.21. The van der Waals surface area contributed by atoms with Gasteiger partial charge in [-0.05, 0) is 43.4 Å². The lowest BCUT2D eigenvalue weighted by Gasteiger charge is -2.34. The van der Waals surface area contributed by atoms with Gasteiger partial charge in [0.1, 0.15) is 12.6 Å². The fourth-order valence-electron chi connectivity index (χ4n) is 3.21. The van der Waals surface area contributed by atoms with E-state index in [-0.39, 0.29) is 0 Å². The second-order valence-electron chi connectivity index (χ2n) is 6.29. The van der Waals surface area contributed by atoms with Gasteiger partial charge in [0.05, 0.1) is 11.0 Å². The number of rotatable bonds is 3. The molecule has 1 fully saturated rings. The Morgan fingerprint density at radius 2 is 1.79 bits per heavy atom. The first-order valence-electron chi connectivity index (χ1n) is 8.21. The molecule has 122 valence electrons. The molecule has 0 aliphatic carbocycles. The van der Waals surface area contributed by atoms with Crippen molar-refractivity contribution in [3.63, 3.8) is 0 Å². The van der Waals surface area contributed by atoms with E-state index in [0.29, 0.717) is 5.56 Å². The first-order valence-corrected chi connectivity index (χ1v) is 8.21. The summed E-state index contributed by atoms with van der Waals surface area (Å²) in [6.07, 6.45) is 2.68. The number of piperazine rings is 1. The second-order valence-corrected chi connectivity index (χ2v) is 6.29. The van der Waals surface area contributed by atoms with E-state index in [1.54, 1.807) is 0 Å². The molecule has 0 unspecified atom stereocenters. The predicted molar refractivity (Wildman–Crippen MR) is 96.2 cm³/mol. The SMILES string of the molecule is CN1CCN(c2cccc(-n3cnc4cc(C=O)ccc43)c2)CC1. The highest BCUT2D eigenvalue weighted by molar-refractivity contribution is 5.85. The average molecular weight is 320 g/mol. The maximum absolute atomic E-state index is 10.9. The molecule has 0 saturated carbocycles. The van der Waals surface area contributed by atoms with Crippen molar-refractivity contribution < 1.29 is 4.79 Å². The van der Waals surface area contributed by atoms with Gasteiger partial charge in [0, 0.05) is 43.1 Å². The first kappa shape index (κ1) is 14.9.